The van der Waals surface area contributed by atoms with Crippen molar-refractivity contribution >= 4 is 50.9 Å². The number of amides is 2. The van der Waals surface area contributed by atoms with Crippen LogP contribution in [0.1, 0.15) is 25.7 Å². The highest BCUT2D eigenvalue weighted by atomic mass is 35.5. The van der Waals surface area contributed by atoms with E-state index < -0.39 is 16.1 Å². The van der Waals surface area contributed by atoms with Crippen LogP contribution in [0.25, 0.3) is 0 Å². The van der Waals surface area contributed by atoms with Crippen molar-refractivity contribution in [2.45, 2.75) is 30.6 Å². The van der Waals surface area contributed by atoms with Crippen molar-refractivity contribution in [1.82, 2.24) is 10.0 Å². The molecule has 23 heavy (non-hydrogen) atoms. The lowest BCUT2D eigenvalue weighted by molar-refractivity contribution is 0.248. The molecule has 0 aromatic heterocycles. The van der Waals surface area contributed by atoms with Crippen molar-refractivity contribution in [3.63, 3.8) is 0 Å². The Kier molecular flexibility index (Phi) is 8.42. The Morgan fingerprint density at radius 2 is 1.52 bits per heavy atom. The lowest BCUT2D eigenvalue weighted by Crippen LogP contribution is -2.30. The number of carbonyl (C=O) groups is 1. The zero-order valence-electron chi connectivity index (χ0n) is 12.2. The average molecular weight is 403 g/mol. The molecule has 0 saturated heterocycles. The fourth-order valence-electron chi connectivity index (χ4n) is 1.88. The summed E-state index contributed by atoms with van der Waals surface area (Å²) in [4.78, 5) is 10.3. The quantitative estimate of drug-likeness (QED) is 0.553. The number of unbranched alkanes of at least 4 members (excludes halogenated alkanes) is 3. The number of hydrogen-bond acceptors (Lipinski definition) is 3. The Morgan fingerprint density at radius 3 is 2.04 bits per heavy atom. The van der Waals surface area contributed by atoms with Gasteiger partial charge >= 0.3 is 6.03 Å². The molecule has 10 heteroatoms. The van der Waals surface area contributed by atoms with E-state index in [4.69, 9.17) is 40.5 Å². The molecule has 0 radical (unpaired) electrons. The van der Waals surface area contributed by atoms with Crippen molar-refractivity contribution in [1.29, 1.82) is 0 Å². The normalized spacial score (nSPS) is 11.4. The number of carbonyl (C=O) groups excluding carboxylic acids is 1. The van der Waals surface area contributed by atoms with Gasteiger partial charge in [0, 0.05) is 18.1 Å². The van der Waals surface area contributed by atoms with Gasteiger partial charge in [0.2, 0.25) is 10.0 Å². The highest BCUT2D eigenvalue weighted by Crippen LogP contribution is 2.32. The first-order valence-corrected chi connectivity index (χ1v) is 9.53. The third-order valence-corrected chi connectivity index (χ3v) is 5.53. The van der Waals surface area contributed by atoms with E-state index in [1.54, 1.807) is 0 Å². The molecule has 1 aromatic rings. The Labute approximate surface area is 150 Å². The van der Waals surface area contributed by atoms with Gasteiger partial charge < -0.3 is 11.1 Å². The van der Waals surface area contributed by atoms with Crippen LogP contribution in [-0.4, -0.2) is 27.5 Å². The zero-order chi connectivity index (χ0) is 17.5. The molecule has 4 N–H and O–H groups in total. The second-order valence-electron chi connectivity index (χ2n) is 4.80. The number of halogens is 3. The number of hydrogen-bond donors (Lipinski definition) is 3. The molecule has 0 atom stereocenters. The minimum atomic E-state index is -3.79. The summed E-state index contributed by atoms with van der Waals surface area (Å²) in [5, 5.41) is 2.71. The SMILES string of the molecule is NC(=O)NCCCCCCNS(=O)(=O)c1c(Cl)cc(Cl)cc1Cl. The largest absolute Gasteiger partial charge is 0.352 e. The van der Waals surface area contributed by atoms with E-state index in [-0.39, 0.29) is 26.5 Å². The summed E-state index contributed by atoms with van der Waals surface area (Å²) in [6, 6.07) is 2.11. The smallest absolute Gasteiger partial charge is 0.312 e. The summed E-state index contributed by atoms with van der Waals surface area (Å²) in [7, 11) is -3.79. The summed E-state index contributed by atoms with van der Waals surface area (Å²) < 4.78 is 26.9. The first-order chi connectivity index (χ1) is 10.7. The van der Waals surface area contributed by atoms with Crippen LogP contribution in [0.15, 0.2) is 17.0 Å². The molecule has 0 spiro atoms. The molecular weight excluding hydrogens is 385 g/mol. The van der Waals surface area contributed by atoms with Gasteiger partial charge in [-0.1, -0.05) is 47.6 Å². The molecule has 1 rings (SSSR count). The number of rotatable bonds is 9. The number of benzene rings is 1. The minimum Gasteiger partial charge on any atom is -0.352 e. The third-order valence-electron chi connectivity index (χ3n) is 2.93. The molecule has 0 saturated carbocycles. The molecule has 130 valence electrons. The number of sulfonamides is 1. The van der Waals surface area contributed by atoms with Gasteiger partial charge in [-0.25, -0.2) is 17.9 Å². The number of nitrogens with two attached hydrogens (primary N) is 1. The molecule has 0 heterocycles. The maximum absolute atomic E-state index is 12.2. The highest BCUT2D eigenvalue weighted by Gasteiger charge is 2.21. The van der Waals surface area contributed by atoms with Gasteiger partial charge in [-0.3, -0.25) is 0 Å². The zero-order valence-corrected chi connectivity index (χ0v) is 15.3. The van der Waals surface area contributed by atoms with Crippen molar-refractivity contribution in [2.24, 2.45) is 5.73 Å². The molecule has 0 unspecified atom stereocenters. The Bertz CT molecular complexity index is 630. The second-order valence-corrected chi connectivity index (χ2v) is 7.76. The van der Waals surface area contributed by atoms with Crippen LogP contribution in [-0.2, 0) is 10.0 Å². The first kappa shape index (κ1) is 20.3. The van der Waals surface area contributed by atoms with Crippen molar-refractivity contribution < 1.29 is 13.2 Å². The second kappa shape index (κ2) is 9.54. The predicted octanol–water partition coefficient (Wildman–Crippen LogP) is 3.15. The van der Waals surface area contributed by atoms with E-state index >= 15 is 0 Å². The lowest BCUT2D eigenvalue weighted by Gasteiger charge is -2.10. The van der Waals surface area contributed by atoms with E-state index in [2.05, 4.69) is 10.0 Å². The van der Waals surface area contributed by atoms with Crippen LogP contribution in [0, 0.1) is 0 Å². The molecule has 0 aliphatic heterocycles. The highest BCUT2D eigenvalue weighted by molar-refractivity contribution is 7.89. The maximum Gasteiger partial charge on any atom is 0.312 e. The maximum atomic E-state index is 12.2. The van der Waals surface area contributed by atoms with Crippen molar-refractivity contribution in [3.05, 3.63) is 27.2 Å². The summed E-state index contributed by atoms with van der Waals surface area (Å²) in [5.41, 5.74) is 4.94. The fraction of sp³-hybridized carbons (Fsp3) is 0.462. The molecule has 1 aromatic carbocycles. The minimum absolute atomic E-state index is 0.0208. The summed E-state index contributed by atoms with van der Waals surface area (Å²) >= 11 is 17.6. The van der Waals surface area contributed by atoms with Crippen LogP contribution in [0.2, 0.25) is 15.1 Å². The first-order valence-electron chi connectivity index (χ1n) is 6.91. The monoisotopic (exact) mass is 401 g/mol. The summed E-state index contributed by atoms with van der Waals surface area (Å²) in [5.74, 6) is 0. The molecule has 0 aliphatic carbocycles. The Morgan fingerprint density at radius 1 is 1.00 bits per heavy atom. The van der Waals surface area contributed by atoms with Gasteiger partial charge in [-0.05, 0) is 25.0 Å². The van der Waals surface area contributed by atoms with Gasteiger partial charge in [-0.2, -0.15) is 0 Å². The van der Waals surface area contributed by atoms with Gasteiger partial charge in [-0.15, -0.1) is 0 Å². The molecule has 2 amide bonds. The van der Waals surface area contributed by atoms with E-state index in [1.165, 1.54) is 12.1 Å². The third kappa shape index (κ3) is 7.14. The topological polar surface area (TPSA) is 101 Å². The lowest BCUT2D eigenvalue weighted by atomic mass is 10.2. The van der Waals surface area contributed by atoms with Crippen LogP contribution < -0.4 is 15.8 Å². The number of primary amides is 1. The number of nitrogens with one attached hydrogen (secondary N) is 2. The van der Waals surface area contributed by atoms with Gasteiger partial charge in [0.1, 0.15) is 4.90 Å². The van der Waals surface area contributed by atoms with Gasteiger partial charge in [0.05, 0.1) is 10.0 Å². The molecule has 0 bridgehead atoms. The van der Waals surface area contributed by atoms with Crippen LogP contribution in [0.3, 0.4) is 0 Å². The van der Waals surface area contributed by atoms with Gasteiger partial charge in [0.15, 0.2) is 0 Å². The Hall–Kier alpha value is -0.730. The standard InChI is InChI=1S/C13H18Cl3N3O3S/c14-9-7-10(15)12(11(16)8-9)23(21,22)19-6-4-2-1-3-5-18-13(17)20/h7-8,19H,1-6H2,(H3,17,18,20). The van der Waals surface area contributed by atoms with E-state index in [9.17, 15) is 13.2 Å². The Balaban J connectivity index is 2.41. The van der Waals surface area contributed by atoms with E-state index in [0.29, 0.717) is 13.0 Å². The fourth-order valence-corrected chi connectivity index (χ4v) is 4.49. The molecule has 0 aliphatic rings. The van der Waals surface area contributed by atoms with Gasteiger partial charge in [0.25, 0.3) is 0 Å². The molecule has 0 fully saturated rings. The number of urea groups is 1. The predicted molar refractivity (Wildman–Crippen MR) is 92.7 cm³/mol. The van der Waals surface area contributed by atoms with Crippen molar-refractivity contribution in [3.8, 4) is 0 Å². The molecular formula is C13H18Cl3N3O3S. The van der Waals surface area contributed by atoms with Crippen molar-refractivity contribution in [2.75, 3.05) is 13.1 Å². The molecule has 6 nitrogen and oxygen atoms in total. The van der Waals surface area contributed by atoms with E-state index in [1.807, 2.05) is 0 Å². The summed E-state index contributed by atoms with van der Waals surface area (Å²) in [6.45, 7) is 0.776. The summed E-state index contributed by atoms with van der Waals surface area (Å²) in [6.07, 6.45) is 3.10. The average Bonchev–Trinajstić information content (AvgIpc) is 2.39. The van der Waals surface area contributed by atoms with Crippen LogP contribution in [0.5, 0.6) is 0 Å². The van der Waals surface area contributed by atoms with Crippen LogP contribution >= 0.6 is 34.8 Å². The van der Waals surface area contributed by atoms with Crippen LogP contribution in [0.4, 0.5) is 4.79 Å². The van der Waals surface area contributed by atoms with E-state index in [0.717, 1.165) is 19.3 Å².